The average molecular weight is 302 g/mol. The van der Waals surface area contributed by atoms with Crippen molar-refractivity contribution in [1.29, 1.82) is 0 Å². The minimum Gasteiger partial charge on any atom is -0.416 e. The molecular weight excluding hydrogens is 292 g/mol. The van der Waals surface area contributed by atoms with Gasteiger partial charge in [0.25, 0.3) is 5.69 Å². The summed E-state index contributed by atoms with van der Waals surface area (Å²) in [4.78, 5) is 31.9. The van der Waals surface area contributed by atoms with Gasteiger partial charge in [-0.05, 0) is 25.1 Å². The quantitative estimate of drug-likeness (QED) is 0.371. The summed E-state index contributed by atoms with van der Waals surface area (Å²) in [7, 11) is 0. The van der Waals surface area contributed by atoms with Crippen LogP contribution in [0.4, 0.5) is 11.4 Å². The molecule has 8 heteroatoms. The third-order valence-corrected chi connectivity index (χ3v) is 2.84. The number of aryl methyl sites for hydroxylation is 1. The van der Waals surface area contributed by atoms with Crippen molar-refractivity contribution < 1.29 is 19.4 Å². The molecule has 22 heavy (non-hydrogen) atoms. The van der Waals surface area contributed by atoms with Gasteiger partial charge in [0, 0.05) is 6.07 Å². The lowest BCUT2D eigenvalue weighted by atomic mass is 10.1. The fourth-order valence-electron chi connectivity index (χ4n) is 1.70. The number of esters is 1. The Hall–Kier alpha value is -3.29. The van der Waals surface area contributed by atoms with Crippen LogP contribution in [0.2, 0.25) is 0 Å². The highest BCUT2D eigenvalue weighted by atomic mass is 16.6. The molecule has 0 fully saturated rings. The van der Waals surface area contributed by atoms with Crippen molar-refractivity contribution in [3.8, 4) is 5.75 Å². The minimum absolute atomic E-state index is 0.221. The van der Waals surface area contributed by atoms with Gasteiger partial charge in [-0.2, -0.15) is 0 Å². The molecule has 0 saturated heterocycles. The number of nitrogens with zero attached hydrogens (tertiary/aromatic N) is 2. The molecule has 0 N–H and O–H groups in total. The van der Waals surface area contributed by atoms with E-state index in [-0.39, 0.29) is 11.3 Å². The predicted octanol–water partition coefficient (Wildman–Crippen LogP) is 3.03. The van der Waals surface area contributed by atoms with Crippen LogP contribution in [-0.2, 0) is 0 Å². The Bertz CT molecular complexity index is 754. The first kappa shape index (κ1) is 15.1. The lowest BCUT2D eigenvalue weighted by molar-refractivity contribution is -0.394. The van der Waals surface area contributed by atoms with E-state index in [2.05, 4.69) is 0 Å². The van der Waals surface area contributed by atoms with Gasteiger partial charge in [-0.25, -0.2) is 4.79 Å². The molecule has 112 valence electrons. The number of non-ortho nitro benzene ring substituents is 1. The zero-order valence-corrected chi connectivity index (χ0v) is 11.4. The van der Waals surface area contributed by atoms with Crippen LogP contribution in [-0.4, -0.2) is 15.8 Å². The second kappa shape index (κ2) is 6.00. The molecule has 0 saturated carbocycles. The summed E-state index contributed by atoms with van der Waals surface area (Å²) in [6, 6.07) is 9.25. The van der Waals surface area contributed by atoms with Gasteiger partial charge in [0.1, 0.15) is 0 Å². The highest BCUT2D eigenvalue weighted by molar-refractivity contribution is 5.91. The van der Waals surface area contributed by atoms with E-state index in [1.807, 2.05) is 6.92 Å². The van der Waals surface area contributed by atoms with E-state index in [4.69, 9.17) is 4.74 Å². The number of nitro groups is 2. The van der Waals surface area contributed by atoms with Crippen LogP contribution in [0.5, 0.6) is 5.75 Å². The maximum absolute atomic E-state index is 11.9. The number of carbonyl (C=O) groups is 1. The van der Waals surface area contributed by atoms with E-state index >= 15 is 0 Å². The van der Waals surface area contributed by atoms with Crippen molar-refractivity contribution in [1.82, 2.24) is 0 Å². The van der Waals surface area contributed by atoms with Gasteiger partial charge in [0.15, 0.2) is 0 Å². The van der Waals surface area contributed by atoms with Crippen LogP contribution in [0.3, 0.4) is 0 Å². The molecule has 0 atom stereocenters. The Balaban J connectivity index is 2.32. The molecule has 0 amide bonds. The van der Waals surface area contributed by atoms with Crippen molar-refractivity contribution in [2.24, 2.45) is 0 Å². The zero-order chi connectivity index (χ0) is 16.3. The van der Waals surface area contributed by atoms with E-state index in [0.717, 1.165) is 23.8 Å². The highest BCUT2D eigenvalue weighted by Gasteiger charge is 2.23. The van der Waals surface area contributed by atoms with Crippen molar-refractivity contribution >= 4 is 17.3 Å². The number of benzene rings is 2. The molecule has 2 rings (SSSR count). The molecule has 0 radical (unpaired) electrons. The van der Waals surface area contributed by atoms with E-state index < -0.39 is 27.2 Å². The van der Waals surface area contributed by atoms with E-state index in [1.165, 1.54) is 12.1 Å². The fraction of sp³-hybridized carbons (Fsp3) is 0.0714. The summed E-state index contributed by atoms with van der Waals surface area (Å²) in [6.07, 6.45) is 0. The van der Waals surface area contributed by atoms with Crippen LogP contribution in [0.25, 0.3) is 0 Å². The Morgan fingerprint density at radius 1 is 1.00 bits per heavy atom. The third-order valence-electron chi connectivity index (χ3n) is 2.84. The zero-order valence-electron chi connectivity index (χ0n) is 11.4. The molecule has 0 spiro atoms. The second-order valence-electron chi connectivity index (χ2n) is 4.42. The molecule has 0 aromatic heterocycles. The van der Waals surface area contributed by atoms with Crippen LogP contribution < -0.4 is 4.74 Å². The van der Waals surface area contributed by atoms with E-state index in [9.17, 15) is 25.0 Å². The van der Waals surface area contributed by atoms with Gasteiger partial charge >= 0.3 is 11.7 Å². The molecule has 0 aliphatic carbocycles. The molecule has 2 aromatic rings. The van der Waals surface area contributed by atoms with Gasteiger partial charge in [0.05, 0.1) is 21.5 Å². The summed E-state index contributed by atoms with van der Waals surface area (Å²) >= 11 is 0. The predicted molar refractivity (Wildman–Crippen MR) is 75.9 cm³/mol. The van der Waals surface area contributed by atoms with Crippen molar-refractivity contribution in [2.45, 2.75) is 6.92 Å². The van der Waals surface area contributed by atoms with E-state index in [1.54, 1.807) is 12.1 Å². The Labute approximate surface area is 124 Å². The first-order chi connectivity index (χ1) is 10.4. The summed E-state index contributed by atoms with van der Waals surface area (Å²) < 4.78 is 4.96. The smallest absolute Gasteiger partial charge is 0.343 e. The lowest BCUT2D eigenvalue weighted by Crippen LogP contribution is -2.09. The SMILES string of the molecule is Cc1ccc(C(=O)Oc2ccc([N+](=O)[O-])cc2[N+](=O)[O-])cc1. The molecule has 0 heterocycles. The van der Waals surface area contributed by atoms with Crippen LogP contribution in [0.1, 0.15) is 15.9 Å². The third kappa shape index (κ3) is 3.23. The maximum atomic E-state index is 11.9. The maximum Gasteiger partial charge on any atom is 0.343 e. The minimum atomic E-state index is -0.843. The molecule has 8 nitrogen and oxygen atoms in total. The summed E-state index contributed by atoms with van der Waals surface area (Å²) in [5, 5.41) is 21.6. The first-order valence-corrected chi connectivity index (χ1v) is 6.10. The number of rotatable bonds is 4. The fourth-order valence-corrected chi connectivity index (χ4v) is 1.70. The molecule has 2 aromatic carbocycles. The number of hydrogen-bond acceptors (Lipinski definition) is 6. The molecule has 0 aliphatic rings. The Morgan fingerprint density at radius 2 is 1.64 bits per heavy atom. The molecule has 0 bridgehead atoms. The Morgan fingerprint density at radius 3 is 2.18 bits per heavy atom. The van der Waals surface area contributed by atoms with Gasteiger partial charge in [0.2, 0.25) is 5.75 Å². The Kier molecular flexibility index (Phi) is 4.12. The van der Waals surface area contributed by atoms with Crippen molar-refractivity contribution in [3.63, 3.8) is 0 Å². The highest BCUT2D eigenvalue weighted by Crippen LogP contribution is 2.31. The van der Waals surface area contributed by atoms with Crippen LogP contribution in [0, 0.1) is 27.2 Å². The lowest BCUT2D eigenvalue weighted by Gasteiger charge is -2.05. The first-order valence-electron chi connectivity index (χ1n) is 6.10. The van der Waals surface area contributed by atoms with Crippen LogP contribution in [0.15, 0.2) is 42.5 Å². The molecule has 0 aliphatic heterocycles. The number of carbonyl (C=O) groups excluding carboxylic acids is 1. The second-order valence-corrected chi connectivity index (χ2v) is 4.42. The van der Waals surface area contributed by atoms with Gasteiger partial charge in [-0.15, -0.1) is 0 Å². The monoisotopic (exact) mass is 302 g/mol. The number of nitro benzene ring substituents is 2. The largest absolute Gasteiger partial charge is 0.416 e. The van der Waals surface area contributed by atoms with Gasteiger partial charge in [-0.1, -0.05) is 17.7 Å². The standard InChI is InChI=1S/C14H10N2O6/c1-9-2-4-10(5-3-9)14(17)22-13-7-6-11(15(18)19)8-12(13)16(20)21/h2-8H,1H3. The van der Waals surface area contributed by atoms with E-state index in [0.29, 0.717) is 0 Å². The molecular formula is C14H10N2O6. The van der Waals surface area contributed by atoms with Crippen LogP contribution >= 0.6 is 0 Å². The van der Waals surface area contributed by atoms with Gasteiger partial charge < -0.3 is 4.74 Å². The summed E-state index contributed by atoms with van der Waals surface area (Å²) in [5.74, 6) is -1.13. The summed E-state index contributed by atoms with van der Waals surface area (Å²) in [5.41, 5.74) is 0.0626. The molecule has 0 unspecified atom stereocenters. The number of hydrogen-bond donors (Lipinski definition) is 0. The number of ether oxygens (including phenoxy) is 1. The van der Waals surface area contributed by atoms with Crippen molar-refractivity contribution in [3.05, 3.63) is 73.8 Å². The normalized spacial score (nSPS) is 10.0. The topological polar surface area (TPSA) is 113 Å². The average Bonchev–Trinajstić information content (AvgIpc) is 2.47. The van der Waals surface area contributed by atoms with Crippen molar-refractivity contribution in [2.75, 3.05) is 0 Å². The summed E-state index contributed by atoms with van der Waals surface area (Å²) in [6.45, 7) is 1.84. The van der Waals surface area contributed by atoms with Gasteiger partial charge in [-0.3, -0.25) is 20.2 Å².